The third-order valence-corrected chi connectivity index (χ3v) is 3.69. The number of rotatable bonds is 6. The lowest BCUT2D eigenvalue weighted by atomic mass is 10.1. The molecule has 0 aliphatic heterocycles. The van der Waals surface area contributed by atoms with Crippen LogP contribution >= 0.6 is 0 Å². The number of nitrogens with zero attached hydrogens (tertiary/aromatic N) is 2. The van der Waals surface area contributed by atoms with Crippen LogP contribution < -0.4 is 10.6 Å². The Labute approximate surface area is 137 Å². The summed E-state index contributed by atoms with van der Waals surface area (Å²) in [5, 5.41) is 6.09. The third-order valence-electron chi connectivity index (χ3n) is 3.69. The molecule has 2 N–H and O–H groups in total. The van der Waals surface area contributed by atoms with Gasteiger partial charge in [0.05, 0.1) is 0 Å². The zero-order valence-corrected chi connectivity index (χ0v) is 14.2. The van der Waals surface area contributed by atoms with Crippen LogP contribution in [-0.2, 0) is 0 Å². The van der Waals surface area contributed by atoms with Crippen LogP contribution in [0.5, 0.6) is 0 Å². The van der Waals surface area contributed by atoms with Crippen molar-refractivity contribution in [3.63, 3.8) is 0 Å². The maximum atomic E-state index is 12.1. The summed E-state index contributed by atoms with van der Waals surface area (Å²) in [7, 11) is 0. The van der Waals surface area contributed by atoms with Crippen molar-refractivity contribution in [3.05, 3.63) is 47.4 Å². The predicted octanol–water partition coefficient (Wildman–Crippen LogP) is 3.61. The largest absolute Gasteiger partial charge is 0.351 e. The fraction of sp³-hybridized carbons (Fsp3) is 0.389. The summed E-state index contributed by atoms with van der Waals surface area (Å²) in [6, 6.07) is 7.77. The van der Waals surface area contributed by atoms with Gasteiger partial charge in [0, 0.05) is 18.3 Å². The maximum absolute atomic E-state index is 12.1. The van der Waals surface area contributed by atoms with Gasteiger partial charge in [-0.05, 0) is 49.4 Å². The van der Waals surface area contributed by atoms with E-state index in [9.17, 15) is 4.79 Å². The van der Waals surface area contributed by atoms with Gasteiger partial charge in [-0.15, -0.1) is 0 Å². The Hall–Kier alpha value is -2.43. The number of hydrogen-bond acceptors (Lipinski definition) is 4. The van der Waals surface area contributed by atoms with Crippen molar-refractivity contribution in [3.8, 4) is 0 Å². The van der Waals surface area contributed by atoms with E-state index >= 15 is 0 Å². The fourth-order valence-electron chi connectivity index (χ4n) is 2.08. The Kier molecular flexibility index (Phi) is 5.68. The van der Waals surface area contributed by atoms with E-state index in [1.54, 1.807) is 6.07 Å². The molecule has 0 saturated heterocycles. The Morgan fingerprint density at radius 2 is 1.91 bits per heavy atom. The predicted molar refractivity (Wildman–Crippen MR) is 93.0 cm³/mol. The van der Waals surface area contributed by atoms with Crippen LogP contribution in [0.1, 0.15) is 41.9 Å². The van der Waals surface area contributed by atoms with Crippen molar-refractivity contribution in [2.24, 2.45) is 5.92 Å². The minimum absolute atomic E-state index is 0.170. The second-order valence-corrected chi connectivity index (χ2v) is 6.15. The molecule has 2 rings (SSSR count). The maximum Gasteiger partial charge on any atom is 0.270 e. The number of nitrogens with one attached hydrogen (secondary N) is 2. The van der Waals surface area contributed by atoms with Gasteiger partial charge in [0.25, 0.3) is 5.91 Å². The molecule has 0 radical (unpaired) electrons. The van der Waals surface area contributed by atoms with Crippen molar-refractivity contribution < 1.29 is 4.79 Å². The molecule has 0 aliphatic rings. The first-order valence-electron chi connectivity index (χ1n) is 7.90. The summed E-state index contributed by atoms with van der Waals surface area (Å²) in [5.41, 5.74) is 3.76. The van der Waals surface area contributed by atoms with Gasteiger partial charge in [-0.25, -0.2) is 9.97 Å². The van der Waals surface area contributed by atoms with Crippen molar-refractivity contribution in [1.29, 1.82) is 0 Å². The summed E-state index contributed by atoms with van der Waals surface area (Å²) >= 11 is 0. The van der Waals surface area contributed by atoms with Crippen LogP contribution in [0.15, 0.2) is 30.6 Å². The standard InChI is InChI=1S/C18H24N4O/c1-12(2)7-8-19-18(23)16-10-17(21-11-20-16)22-15-6-5-13(3)14(4)9-15/h5-6,9-12H,7-8H2,1-4H3,(H,19,23)(H,20,21,22). The number of hydrogen-bond donors (Lipinski definition) is 2. The first-order valence-corrected chi connectivity index (χ1v) is 7.90. The van der Waals surface area contributed by atoms with Crippen molar-refractivity contribution in [2.45, 2.75) is 34.1 Å². The van der Waals surface area contributed by atoms with Crippen molar-refractivity contribution in [1.82, 2.24) is 15.3 Å². The summed E-state index contributed by atoms with van der Waals surface area (Å²) in [6.07, 6.45) is 2.35. The molecule has 23 heavy (non-hydrogen) atoms. The number of aromatic nitrogens is 2. The topological polar surface area (TPSA) is 66.9 Å². The molecule has 5 nitrogen and oxygen atoms in total. The van der Waals surface area contributed by atoms with E-state index in [2.05, 4.69) is 60.4 Å². The number of carbonyl (C=O) groups excluding carboxylic acids is 1. The first-order chi connectivity index (χ1) is 11.0. The van der Waals surface area contributed by atoms with Gasteiger partial charge in [0.1, 0.15) is 17.8 Å². The van der Waals surface area contributed by atoms with Crippen LogP contribution in [0, 0.1) is 19.8 Å². The third kappa shape index (κ3) is 5.06. The van der Waals surface area contributed by atoms with E-state index in [0.717, 1.165) is 12.1 Å². The molecule has 0 unspecified atom stereocenters. The van der Waals surface area contributed by atoms with Crippen molar-refractivity contribution in [2.75, 3.05) is 11.9 Å². The van der Waals surface area contributed by atoms with E-state index in [4.69, 9.17) is 0 Å². The monoisotopic (exact) mass is 312 g/mol. The molecular formula is C18H24N4O. The minimum Gasteiger partial charge on any atom is -0.351 e. The normalized spacial score (nSPS) is 10.7. The average Bonchev–Trinajstić information content (AvgIpc) is 2.51. The molecule has 1 heterocycles. The Bertz CT molecular complexity index is 682. The van der Waals surface area contributed by atoms with E-state index in [-0.39, 0.29) is 5.91 Å². The molecule has 0 spiro atoms. The fourth-order valence-corrected chi connectivity index (χ4v) is 2.08. The molecule has 0 bridgehead atoms. The van der Waals surface area contributed by atoms with Gasteiger partial charge in [-0.1, -0.05) is 19.9 Å². The van der Waals surface area contributed by atoms with E-state index < -0.39 is 0 Å². The van der Waals surface area contributed by atoms with E-state index in [0.29, 0.717) is 24.0 Å². The van der Waals surface area contributed by atoms with Crippen LogP contribution in [0.4, 0.5) is 11.5 Å². The van der Waals surface area contributed by atoms with Gasteiger partial charge in [-0.3, -0.25) is 4.79 Å². The molecule has 1 aromatic carbocycles. The Balaban J connectivity index is 2.04. The van der Waals surface area contributed by atoms with Crippen LogP contribution in [0.2, 0.25) is 0 Å². The second kappa shape index (κ2) is 7.72. The van der Waals surface area contributed by atoms with Gasteiger partial charge in [0.2, 0.25) is 0 Å². The summed E-state index contributed by atoms with van der Waals surface area (Å²) in [4.78, 5) is 20.3. The number of carbonyl (C=O) groups is 1. The lowest BCUT2D eigenvalue weighted by molar-refractivity contribution is 0.0947. The molecule has 0 saturated carbocycles. The first kappa shape index (κ1) is 16.9. The zero-order valence-electron chi connectivity index (χ0n) is 14.2. The highest BCUT2D eigenvalue weighted by atomic mass is 16.1. The van der Waals surface area contributed by atoms with Crippen LogP contribution in [0.25, 0.3) is 0 Å². The Morgan fingerprint density at radius 1 is 1.13 bits per heavy atom. The lowest BCUT2D eigenvalue weighted by Gasteiger charge is -2.10. The molecular weight excluding hydrogens is 288 g/mol. The smallest absolute Gasteiger partial charge is 0.270 e. The van der Waals surface area contributed by atoms with E-state index in [1.807, 2.05) is 6.07 Å². The molecule has 5 heteroatoms. The number of benzene rings is 1. The summed E-state index contributed by atoms with van der Waals surface area (Å²) in [5.74, 6) is 0.996. The quantitative estimate of drug-likeness (QED) is 0.855. The van der Waals surface area contributed by atoms with Crippen molar-refractivity contribution >= 4 is 17.4 Å². The molecule has 122 valence electrons. The van der Waals surface area contributed by atoms with Gasteiger partial charge in [-0.2, -0.15) is 0 Å². The lowest BCUT2D eigenvalue weighted by Crippen LogP contribution is -2.26. The average molecular weight is 312 g/mol. The number of anilines is 2. The number of aryl methyl sites for hydroxylation is 2. The molecule has 0 fully saturated rings. The Morgan fingerprint density at radius 3 is 2.61 bits per heavy atom. The molecule has 2 aromatic rings. The number of amides is 1. The van der Waals surface area contributed by atoms with Gasteiger partial charge < -0.3 is 10.6 Å². The van der Waals surface area contributed by atoms with Gasteiger partial charge >= 0.3 is 0 Å². The SMILES string of the molecule is Cc1ccc(Nc2cc(C(=O)NCCC(C)C)ncn2)cc1C. The highest BCUT2D eigenvalue weighted by Crippen LogP contribution is 2.18. The van der Waals surface area contributed by atoms with Crippen LogP contribution in [0.3, 0.4) is 0 Å². The van der Waals surface area contributed by atoms with E-state index in [1.165, 1.54) is 17.5 Å². The molecule has 0 atom stereocenters. The van der Waals surface area contributed by atoms with Gasteiger partial charge in [0.15, 0.2) is 0 Å². The minimum atomic E-state index is -0.170. The molecule has 0 aliphatic carbocycles. The second-order valence-electron chi connectivity index (χ2n) is 6.15. The summed E-state index contributed by atoms with van der Waals surface area (Å²) in [6.45, 7) is 9.04. The highest BCUT2D eigenvalue weighted by Gasteiger charge is 2.09. The highest BCUT2D eigenvalue weighted by molar-refractivity contribution is 5.92. The summed E-state index contributed by atoms with van der Waals surface area (Å²) < 4.78 is 0. The van der Waals surface area contributed by atoms with Crippen LogP contribution in [-0.4, -0.2) is 22.4 Å². The zero-order chi connectivity index (χ0) is 16.8. The molecule has 1 amide bonds. The molecule has 1 aromatic heterocycles.